The van der Waals surface area contributed by atoms with Crippen LogP contribution in [-0.4, -0.2) is 44.2 Å². The zero-order valence-electron chi connectivity index (χ0n) is 10.7. The lowest BCUT2D eigenvalue weighted by molar-refractivity contribution is -0.133. The van der Waals surface area contributed by atoms with E-state index in [1.54, 1.807) is 0 Å². The van der Waals surface area contributed by atoms with Crippen molar-refractivity contribution < 1.29 is 9.90 Å². The van der Waals surface area contributed by atoms with Gasteiger partial charge in [-0.3, -0.25) is 9.36 Å². The van der Waals surface area contributed by atoms with Gasteiger partial charge in [0, 0.05) is 19.1 Å². The van der Waals surface area contributed by atoms with Crippen LogP contribution in [-0.2, 0) is 11.3 Å². The highest BCUT2D eigenvalue weighted by Crippen LogP contribution is 2.32. The first-order valence-electron chi connectivity index (χ1n) is 6.21. The molecule has 0 unspecified atom stereocenters. The maximum absolute atomic E-state index is 10.6. The largest absolute Gasteiger partial charge is 0.481 e. The number of aliphatic carboxylic acids is 1. The molecule has 1 aliphatic carbocycles. The third-order valence-corrected chi connectivity index (χ3v) is 3.88. The molecule has 1 saturated carbocycles. The van der Waals surface area contributed by atoms with Gasteiger partial charge in [0.2, 0.25) is 5.95 Å². The smallest absolute Gasteiger partial charge is 0.313 e. The topological polar surface area (TPSA) is 71.2 Å². The second-order valence-corrected chi connectivity index (χ2v) is 5.17. The number of carbonyl (C=O) groups is 1. The molecular formula is C11H18N4O2S. The van der Waals surface area contributed by atoms with Crippen molar-refractivity contribution in [2.24, 2.45) is 0 Å². The Morgan fingerprint density at radius 3 is 2.72 bits per heavy atom. The van der Waals surface area contributed by atoms with Crippen LogP contribution in [0.15, 0.2) is 5.16 Å². The molecule has 0 amide bonds. The first kappa shape index (κ1) is 13.2. The molecule has 18 heavy (non-hydrogen) atoms. The quantitative estimate of drug-likeness (QED) is 0.756. The summed E-state index contributed by atoms with van der Waals surface area (Å²) in [6, 6.07) is 0.585. The minimum atomic E-state index is -0.832. The monoisotopic (exact) mass is 270 g/mol. The highest BCUT2D eigenvalue weighted by molar-refractivity contribution is 7.99. The van der Waals surface area contributed by atoms with E-state index in [0.717, 1.165) is 19.0 Å². The molecule has 100 valence electrons. The number of carboxylic acid groups (broad SMARTS) is 1. The maximum atomic E-state index is 10.6. The Labute approximate surface area is 110 Å². The number of carboxylic acids is 1. The van der Waals surface area contributed by atoms with Gasteiger partial charge in [-0.2, -0.15) is 0 Å². The third kappa shape index (κ3) is 2.77. The van der Waals surface area contributed by atoms with E-state index in [1.807, 2.05) is 11.5 Å². The number of anilines is 1. The van der Waals surface area contributed by atoms with Crippen LogP contribution in [0.4, 0.5) is 5.95 Å². The average Bonchev–Trinajstić information content (AvgIpc) is 3.08. The summed E-state index contributed by atoms with van der Waals surface area (Å²) in [5.41, 5.74) is 0. The molecule has 0 saturated heterocycles. The van der Waals surface area contributed by atoms with Gasteiger partial charge in [-0.1, -0.05) is 11.8 Å². The molecule has 1 heterocycles. The molecular weight excluding hydrogens is 252 g/mol. The van der Waals surface area contributed by atoms with Gasteiger partial charge in [-0.15, -0.1) is 10.2 Å². The lowest BCUT2D eigenvalue weighted by Gasteiger charge is -2.21. The maximum Gasteiger partial charge on any atom is 0.313 e. The highest BCUT2D eigenvalue weighted by atomic mass is 32.2. The lowest BCUT2D eigenvalue weighted by atomic mass is 10.5. The van der Waals surface area contributed by atoms with Crippen LogP contribution >= 0.6 is 11.8 Å². The number of hydrogen-bond donors (Lipinski definition) is 1. The van der Waals surface area contributed by atoms with Crippen molar-refractivity contribution in [2.45, 2.75) is 44.4 Å². The van der Waals surface area contributed by atoms with Gasteiger partial charge in [0.1, 0.15) is 0 Å². The van der Waals surface area contributed by atoms with Crippen molar-refractivity contribution >= 4 is 23.7 Å². The first-order chi connectivity index (χ1) is 8.67. The molecule has 2 rings (SSSR count). The summed E-state index contributed by atoms with van der Waals surface area (Å²) in [5, 5.41) is 17.7. The summed E-state index contributed by atoms with van der Waals surface area (Å²) >= 11 is 1.22. The van der Waals surface area contributed by atoms with Crippen LogP contribution < -0.4 is 4.90 Å². The van der Waals surface area contributed by atoms with E-state index in [0.29, 0.717) is 11.2 Å². The van der Waals surface area contributed by atoms with E-state index in [4.69, 9.17) is 5.11 Å². The standard InChI is InChI=1S/C11H18N4O2S/c1-3-14(8-5-6-8)10-12-13-11(15(10)4-2)18-7-9(16)17/h8H,3-7H2,1-2H3,(H,16,17). The van der Waals surface area contributed by atoms with Gasteiger partial charge in [0.15, 0.2) is 5.16 Å². The summed E-state index contributed by atoms with van der Waals surface area (Å²) in [7, 11) is 0. The van der Waals surface area contributed by atoms with Gasteiger partial charge < -0.3 is 10.0 Å². The van der Waals surface area contributed by atoms with E-state index < -0.39 is 5.97 Å². The van der Waals surface area contributed by atoms with Crippen molar-refractivity contribution in [3.8, 4) is 0 Å². The van der Waals surface area contributed by atoms with E-state index in [2.05, 4.69) is 22.0 Å². The molecule has 0 aliphatic heterocycles. The molecule has 1 N–H and O–H groups in total. The Morgan fingerprint density at radius 2 is 2.22 bits per heavy atom. The van der Waals surface area contributed by atoms with Crippen LogP contribution in [0.5, 0.6) is 0 Å². The summed E-state index contributed by atoms with van der Waals surface area (Å²) in [5.74, 6) is 0.0605. The van der Waals surface area contributed by atoms with Gasteiger partial charge in [-0.05, 0) is 26.7 Å². The van der Waals surface area contributed by atoms with E-state index >= 15 is 0 Å². The molecule has 0 aromatic carbocycles. The fourth-order valence-corrected chi connectivity index (χ4v) is 2.67. The lowest BCUT2D eigenvalue weighted by Crippen LogP contribution is -2.28. The molecule has 0 spiro atoms. The van der Waals surface area contributed by atoms with Crippen LogP contribution in [0, 0.1) is 0 Å². The molecule has 0 radical (unpaired) electrons. The minimum Gasteiger partial charge on any atom is -0.481 e. The molecule has 0 bridgehead atoms. The highest BCUT2D eigenvalue weighted by Gasteiger charge is 2.31. The predicted molar refractivity (Wildman–Crippen MR) is 70.1 cm³/mol. The van der Waals surface area contributed by atoms with Gasteiger partial charge in [-0.25, -0.2) is 0 Å². The molecule has 0 atom stereocenters. The SMILES string of the molecule is CCN(c1nnc(SCC(=O)O)n1CC)C1CC1. The fourth-order valence-electron chi connectivity index (χ4n) is 1.95. The Balaban J connectivity index is 2.17. The van der Waals surface area contributed by atoms with Crippen LogP contribution in [0.2, 0.25) is 0 Å². The van der Waals surface area contributed by atoms with Crippen LogP contribution in [0.3, 0.4) is 0 Å². The molecule has 1 fully saturated rings. The molecule has 6 nitrogen and oxygen atoms in total. The van der Waals surface area contributed by atoms with Crippen molar-refractivity contribution in [3.63, 3.8) is 0 Å². The summed E-state index contributed by atoms with van der Waals surface area (Å²) in [6.45, 7) is 5.80. The average molecular weight is 270 g/mol. The minimum absolute atomic E-state index is 0.0215. The van der Waals surface area contributed by atoms with Gasteiger partial charge >= 0.3 is 5.97 Å². The number of hydrogen-bond acceptors (Lipinski definition) is 5. The molecule has 1 aromatic rings. The number of thioether (sulfide) groups is 1. The second-order valence-electron chi connectivity index (χ2n) is 4.23. The van der Waals surface area contributed by atoms with Crippen molar-refractivity contribution in [1.29, 1.82) is 0 Å². The molecule has 1 aliphatic rings. The van der Waals surface area contributed by atoms with E-state index in [9.17, 15) is 4.79 Å². The molecule has 1 aromatic heterocycles. The van der Waals surface area contributed by atoms with E-state index in [-0.39, 0.29) is 5.75 Å². The van der Waals surface area contributed by atoms with Crippen molar-refractivity contribution in [2.75, 3.05) is 17.2 Å². The first-order valence-corrected chi connectivity index (χ1v) is 7.20. The normalized spacial score (nSPS) is 14.8. The fraction of sp³-hybridized carbons (Fsp3) is 0.727. The van der Waals surface area contributed by atoms with Crippen molar-refractivity contribution in [1.82, 2.24) is 14.8 Å². The Morgan fingerprint density at radius 1 is 1.50 bits per heavy atom. The predicted octanol–water partition coefficient (Wildman–Crippen LogP) is 1.46. The van der Waals surface area contributed by atoms with Gasteiger partial charge in [0.25, 0.3) is 0 Å². The van der Waals surface area contributed by atoms with Crippen LogP contribution in [0.1, 0.15) is 26.7 Å². The summed E-state index contributed by atoms with van der Waals surface area (Å²) in [4.78, 5) is 12.8. The number of aromatic nitrogens is 3. The Bertz CT molecular complexity index is 431. The number of rotatable bonds is 7. The van der Waals surface area contributed by atoms with E-state index in [1.165, 1.54) is 24.6 Å². The van der Waals surface area contributed by atoms with Crippen molar-refractivity contribution in [3.05, 3.63) is 0 Å². The summed E-state index contributed by atoms with van der Waals surface area (Å²) in [6.07, 6.45) is 2.42. The third-order valence-electron chi connectivity index (χ3n) is 2.92. The molecule has 7 heteroatoms. The summed E-state index contributed by atoms with van der Waals surface area (Å²) < 4.78 is 2.00. The zero-order chi connectivity index (χ0) is 13.1. The number of nitrogens with zero attached hydrogens (tertiary/aromatic N) is 4. The zero-order valence-corrected chi connectivity index (χ0v) is 11.5. The van der Waals surface area contributed by atoms with Gasteiger partial charge in [0.05, 0.1) is 5.75 Å². The Kier molecular flexibility index (Phi) is 4.11. The Hall–Kier alpha value is -1.24. The second kappa shape index (κ2) is 5.60. The van der Waals surface area contributed by atoms with Crippen LogP contribution in [0.25, 0.3) is 0 Å².